The van der Waals surface area contributed by atoms with Crippen molar-refractivity contribution in [3.63, 3.8) is 0 Å². The Labute approximate surface area is 119 Å². The molecule has 2 saturated heterocycles. The first-order chi connectivity index (χ1) is 9.86. The normalized spacial score (nSPS) is 26.8. The zero-order chi connectivity index (χ0) is 13.8. The summed E-state index contributed by atoms with van der Waals surface area (Å²) in [5.74, 6) is 1.74. The van der Waals surface area contributed by atoms with E-state index in [2.05, 4.69) is 20.2 Å². The minimum absolute atomic E-state index is 0.184. The minimum Gasteiger partial charge on any atom is -0.394 e. The molecule has 1 aromatic rings. The van der Waals surface area contributed by atoms with E-state index in [9.17, 15) is 5.11 Å². The van der Waals surface area contributed by atoms with Crippen LogP contribution in [0.4, 0.5) is 11.6 Å². The minimum atomic E-state index is 0.184. The number of nitrogens with one attached hydrogen (secondary N) is 1. The number of nitrogens with zero attached hydrogens (tertiary/aromatic N) is 3. The first-order valence-corrected chi connectivity index (χ1v) is 7.40. The lowest BCUT2D eigenvalue weighted by molar-refractivity contribution is 0.0875. The van der Waals surface area contributed by atoms with E-state index in [0.29, 0.717) is 6.04 Å². The number of ether oxygens (including phenoxy) is 1. The Kier molecular flexibility index (Phi) is 4.32. The van der Waals surface area contributed by atoms with E-state index in [1.807, 2.05) is 6.07 Å². The molecule has 6 nitrogen and oxygen atoms in total. The van der Waals surface area contributed by atoms with Gasteiger partial charge in [0.1, 0.15) is 18.0 Å². The molecule has 2 fully saturated rings. The lowest BCUT2D eigenvalue weighted by Gasteiger charge is -2.26. The highest BCUT2D eigenvalue weighted by molar-refractivity contribution is 5.50. The standard InChI is InChI=1S/C14H22N4O2/c19-8-12-4-1-5-18(12)14-7-13(15-10-16-14)17-11-3-2-6-20-9-11/h7,10-12,19H,1-6,8-9H2,(H,15,16,17)/t11-,12+/m1/s1. The first kappa shape index (κ1) is 13.6. The predicted molar refractivity (Wildman–Crippen MR) is 76.9 cm³/mol. The summed E-state index contributed by atoms with van der Waals surface area (Å²) < 4.78 is 5.47. The molecule has 0 unspecified atom stereocenters. The van der Waals surface area contributed by atoms with Crippen LogP contribution in [0.1, 0.15) is 25.7 Å². The summed E-state index contributed by atoms with van der Waals surface area (Å²) in [7, 11) is 0. The van der Waals surface area contributed by atoms with Gasteiger partial charge in [0.2, 0.25) is 0 Å². The van der Waals surface area contributed by atoms with E-state index in [1.54, 1.807) is 6.33 Å². The summed E-state index contributed by atoms with van der Waals surface area (Å²) in [6.07, 6.45) is 5.93. The average molecular weight is 278 g/mol. The Bertz CT molecular complexity index is 437. The number of hydrogen-bond acceptors (Lipinski definition) is 6. The molecule has 2 aliphatic heterocycles. The molecular formula is C14H22N4O2. The maximum atomic E-state index is 9.41. The largest absolute Gasteiger partial charge is 0.394 e. The van der Waals surface area contributed by atoms with Crippen molar-refractivity contribution in [3.05, 3.63) is 12.4 Å². The van der Waals surface area contributed by atoms with Crippen molar-refractivity contribution >= 4 is 11.6 Å². The van der Waals surface area contributed by atoms with E-state index in [1.165, 1.54) is 0 Å². The van der Waals surface area contributed by atoms with Crippen molar-refractivity contribution in [1.29, 1.82) is 0 Å². The smallest absolute Gasteiger partial charge is 0.134 e. The SMILES string of the molecule is OC[C@@H]1CCCN1c1cc(N[C@@H]2CCCOC2)ncn1. The monoisotopic (exact) mass is 278 g/mol. The molecule has 0 aromatic carbocycles. The van der Waals surface area contributed by atoms with Gasteiger partial charge < -0.3 is 20.1 Å². The van der Waals surface area contributed by atoms with Crippen LogP contribution in [-0.2, 0) is 4.74 Å². The molecule has 110 valence electrons. The van der Waals surface area contributed by atoms with Gasteiger partial charge >= 0.3 is 0 Å². The van der Waals surface area contributed by atoms with Gasteiger partial charge in [-0.15, -0.1) is 0 Å². The Balaban J connectivity index is 1.69. The van der Waals surface area contributed by atoms with Crippen LogP contribution < -0.4 is 10.2 Å². The highest BCUT2D eigenvalue weighted by atomic mass is 16.5. The number of anilines is 2. The second kappa shape index (κ2) is 6.37. The van der Waals surface area contributed by atoms with Gasteiger partial charge in [-0.2, -0.15) is 0 Å². The van der Waals surface area contributed by atoms with Gasteiger partial charge in [-0.3, -0.25) is 0 Å². The fourth-order valence-electron chi connectivity index (χ4n) is 2.97. The van der Waals surface area contributed by atoms with Crippen LogP contribution in [0, 0.1) is 0 Å². The quantitative estimate of drug-likeness (QED) is 0.857. The fraction of sp³-hybridized carbons (Fsp3) is 0.714. The number of aliphatic hydroxyl groups is 1. The van der Waals surface area contributed by atoms with Gasteiger partial charge in [0.25, 0.3) is 0 Å². The molecule has 3 rings (SSSR count). The van der Waals surface area contributed by atoms with Gasteiger partial charge in [-0.1, -0.05) is 0 Å². The maximum Gasteiger partial charge on any atom is 0.134 e. The molecule has 3 heterocycles. The van der Waals surface area contributed by atoms with Crippen molar-refractivity contribution in [2.45, 2.75) is 37.8 Å². The lowest BCUT2D eigenvalue weighted by Crippen LogP contribution is -2.33. The van der Waals surface area contributed by atoms with Crippen LogP contribution in [0.5, 0.6) is 0 Å². The third kappa shape index (κ3) is 3.02. The Morgan fingerprint density at radius 1 is 1.35 bits per heavy atom. The Hall–Kier alpha value is -1.40. The van der Waals surface area contributed by atoms with E-state index >= 15 is 0 Å². The molecule has 0 aliphatic carbocycles. The zero-order valence-electron chi connectivity index (χ0n) is 11.7. The number of aliphatic hydroxyl groups excluding tert-OH is 1. The fourth-order valence-corrected chi connectivity index (χ4v) is 2.97. The van der Waals surface area contributed by atoms with E-state index in [-0.39, 0.29) is 12.6 Å². The molecule has 0 spiro atoms. The second-order valence-electron chi connectivity index (χ2n) is 5.49. The molecule has 0 bridgehead atoms. The van der Waals surface area contributed by atoms with Gasteiger partial charge in [-0.05, 0) is 25.7 Å². The van der Waals surface area contributed by atoms with Gasteiger partial charge in [0, 0.05) is 19.2 Å². The summed E-state index contributed by atoms with van der Waals surface area (Å²) in [4.78, 5) is 10.8. The van der Waals surface area contributed by atoms with Crippen molar-refractivity contribution in [1.82, 2.24) is 9.97 Å². The summed E-state index contributed by atoms with van der Waals surface area (Å²) >= 11 is 0. The van der Waals surface area contributed by atoms with E-state index in [4.69, 9.17) is 4.74 Å². The van der Waals surface area contributed by atoms with Gasteiger partial charge in [-0.25, -0.2) is 9.97 Å². The van der Waals surface area contributed by atoms with Gasteiger partial charge in [0.05, 0.1) is 25.3 Å². The predicted octanol–water partition coefficient (Wildman–Crippen LogP) is 1.03. The number of hydrogen-bond donors (Lipinski definition) is 2. The molecular weight excluding hydrogens is 256 g/mol. The first-order valence-electron chi connectivity index (χ1n) is 7.40. The Morgan fingerprint density at radius 3 is 3.10 bits per heavy atom. The molecule has 2 atom stereocenters. The van der Waals surface area contributed by atoms with Crippen molar-refractivity contribution in [3.8, 4) is 0 Å². The van der Waals surface area contributed by atoms with Crippen LogP contribution >= 0.6 is 0 Å². The third-order valence-corrected chi connectivity index (χ3v) is 4.05. The molecule has 0 saturated carbocycles. The number of aromatic nitrogens is 2. The van der Waals surface area contributed by atoms with Crippen LogP contribution in [0.25, 0.3) is 0 Å². The Morgan fingerprint density at radius 2 is 2.30 bits per heavy atom. The van der Waals surface area contributed by atoms with E-state index < -0.39 is 0 Å². The van der Waals surface area contributed by atoms with Crippen molar-refractivity contribution < 1.29 is 9.84 Å². The van der Waals surface area contributed by atoms with Crippen LogP contribution in [0.2, 0.25) is 0 Å². The van der Waals surface area contributed by atoms with Crippen LogP contribution in [-0.4, -0.2) is 53.5 Å². The van der Waals surface area contributed by atoms with Crippen LogP contribution in [0.3, 0.4) is 0 Å². The summed E-state index contributed by atoms with van der Waals surface area (Å²) in [5.41, 5.74) is 0. The van der Waals surface area contributed by atoms with Crippen molar-refractivity contribution in [2.24, 2.45) is 0 Å². The zero-order valence-corrected chi connectivity index (χ0v) is 11.7. The molecule has 0 amide bonds. The average Bonchev–Trinajstić information content (AvgIpc) is 2.97. The van der Waals surface area contributed by atoms with Crippen molar-refractivity contribution in [2.75, 3.05) is 36.6 Å². The molecule has 2 aliphatic rings. The summed E-state index contributed by atoms with van der Waals surface area (Å²) in [5, 5.41) is 12.8. The lowest BCUT2D eigenvalue weighted by atomic mass is 10.1. The van der Waals surface area contributed by atoms with E-state index in [0.717, 1.165) is 57.1 Å². The second-order valence-corrected chi connectivity index (χ2v) is 5.49. The molecule has 2 N–H and O–H groups in total. The molecule has 0 radical (unpaired) electrons. The molecule has 6 heteroatoms. The summed E-state index contributed by atoms with van der Waals surface area (Å²) in [6.45, 7) is 2.74. The number of rotatable bonds is 4. The summed E-state index contributed by atoms with van der Waals surface area (Å²) in [6, 6.07) is 2.50. The highest BCUT2D eigenvalue weighted by Gasteiger charge is 2.25. The highest BCUT2D eigenvalue weighted by Crippen LogP contribution is 2.25. The van der Waals surface area contributed by atoms with Crippen LogP contribution in [0.15, 0.2) is 12.4 Å². The molecule has 20 heavy (non-hydrogen) atoms. The maximum absolute atomic E-state index is 9.41. The van der Waals surface area contributed by atoms with Gasteiger partial charge in [0.15, 0.2) is 0 Å². The third-order valence-electron chi connectivity index (χ3n) is 4.05. The molecule has 1 aromatic heterocycles. The topological polar surface area (TPSA) is 70.5 Å².